The highest BCUT2D eigenvalue weighted by Gasteiger charge is 2.30. The first-order chi connectivity index (χ1) is 12.6. The summed E-state index contributed by atoms with van der Waals surface area (Å²) in [6, 6.07) is 15.5. The Balaban J connectivity index is 1.61. The third kappa shape index (κ3) is 3.81. The van der Waals surface area contributed by atoms with Gasteiger partial charge in [0.05, 0.1) is 21.6 Å². The molecule has 1 heterocycles. The lowest BCUT2D eigenvalue weighted by Crippen LogP contribution is -2.25. The van der Waals surface area contributed by atoms with Crippen LogP contribution < -0.4 is 10.6 Å². The quantitative estimate of drug-likeness (QED) is 0.604. The molecule has 1 aliphatic carbocycles. The molecule has 1 aliphatic rings. The molecule has 2 aromatic carbocycles. The minimum atomic E-state index is -0.189. The van der Waals surface area contributed by atoms with E-state index >= 15 is 0 Å². The second-order valence-corrected chi connectivity index (χ2v) is 8.94. The Bertz CT molecular complexity index is 994. The van der Waals surface area contributed by atoms with Gasteiger partial charge in [-0.15, -0.1) is 11.3 Å². The summed E-state index contributed by atoms with van der Waals surface area (Å²) in [5.74, 6) is -0.108. The highest BCUT2D eigenvalue weighted by atomic mass is 79.9. The van der Waals surface area contributed by atoms with Crippen LogP contribution in [0.1, 0.15) is 28.1 Å². The van der Waals surface area contributed by atoms with Crippen molar-refractivity contribution in [1.82, 2.24) is 5.32 Å². The molecule has 0 radical (unpaired) electrons. The van der Waals surface area contributed by atoms with Crippen molar-refractivity contribution in [3.63, 3.8) is 0 Å². The molecule has 4 nitrogen and oxygen atoms in total. The third-order valence-corrected chi connectivity index (χ3v) is 6.01. The van der Waals surface area contributed by atoms with Gasteiger partial charge in [-0.25, -0.2) is 0 Å². The highest BCUT2D eigenvalue weighted by molar-refractivity contribution is 9.11. The maximum absolute atomic E-state index is 12.8. The first-order valence-electron chi connectivity index (χ1n) is 8.46. The maximum atomic E-state index is 12.8. The molecule has 132 valence electrons. The van der Waals surface area contributed by atoms with Crippen LogP contribution in [0.3, 0.4) is 0 Å². The smallest absolute Gasteiger partial charge is 0.253 e. The van der Waals surface area contributed by atoms with Crippen LogP contribution >= 0.6 is 27.3 Å². The zero-order chi connectivity index (χ0) is 18.1. The lowest BCUT2D eigenvalue weighted by Gasteiger charge is -2.13. The van der Waals surface area contributed by atoms with Crippen molar-refractivity contribution < 1.29 is 9.59 Å². The van der Waals surface area contributed by atoms with Crippen LogP contribution in [-0.2, 0) is 11.3 Å². The first kappa shape index (κ1) is 17.2. The number of nitrogens with one attached hydrogen (secondary N) is 2. The van der Waals surface area contributed by atoms with Gasteiger partial charge in [-0.3, -0.25) is 9.59 Å². The number of hydrogen-bond donors (Lipinski definition) is 2. The lowest BCUT2D eigenvalue weighted by molar-refractivity contribution is -0.117. The Kier molecular flexibility index (Phi) is 4.78. The predicted molar refractivity (Wildman–Crippen MR) is 108 cm³/mol. The van der Waals surface area contributed by atoms with Gasteiger partial charge < -0.3 is 10.6 Å². The molecular weight excluding hydrogens is 412 g/mol. The van der Waals surface area contributed by atoms with E-state index in [0.29, 0.717) is 17.8 Å². The molecule has 3 aromatic rings. The van der Waals surface area contributed by atoms with Gasteiger partial charge in [0, 0.05) is 10.8 Å². The Labute approximate surface area is 163 Å². The van der Waals surface area contributed by atoms with E-state index in [9.17, 15) is 9.59 Å². The summed E-state index contributed by atoms with van der Waals surface area (Å²) in [7, 11) is 0. The van der Waals surface area contributed by atoms with Crippen molar-refractivity contribution >= 4 is 55.5 Å². The average molecular weight is 429 g/mol. The van der Waals surface area contributed by atoms with E-state index in [4.69, 9.17) is 0 Å². The molecule has 0 spiro atoms. The van der Waals surface area contributed by atoms with Crippen molar-refractivity contribution in [2.75, 3.05) is 5.32 Å². The van der Waals surface area contributed by atoms with Crippen LogP contribution in [0.2, 0.25) is 0 Å². The number of anilines is 1. The van der Waals surface area contributed by atoms with Gasteiger partial charge >= 0.3 is 0 Å². The fourth-order valence-electron chi connectivity index (χ4n) is 2.82. The fourth-order valence-corrected chi connectivity index (χ4v) is 4.24. The Morgan fingerprint density at radius 2 is 1.81 bits per heavy atom. The second-order valence-electron chi connectivity index (χ2n) is 6.40. The van der Waals surface area contributed by atoms with Crippen molar-refractivity contribution in [2.45, 2.75) is 19.4 Å². The van der Waals surface area contributed by atoms with Gasteiger partial charge in [-0.2, -0.15) is 0 Å². The number of fused-ring (bicyclic) bond motifs is 1. The molecule has 2 amide bonds. The summed E-state index contributed by atoms with van der Waals surface area (Å²) in [6.07, 6.45) is 1.85. The van der Waals surface area contributed by atoms with Gasteiger partial charge in [-0.1, -0.05) is 24.3 Å². The molecule has 1 saturated carbocycles. The molecule has 26 heavy (non-hydrogen) atoms. The van der Waals surface area contributed by atoms with Crippen LogP contribution in [0.25, 0.3) is 10.8 Å². The summed E-state index contributed by atoms with van der Waals surface area (Å²) in [6.45, 7) is 0.456. The number of rotatable bonds is 5. The van der Waals surface area contributed by atoms with E-state index in [-0.39, 0.29) is 17.7 Å². The monoisotopic (exact) mass is 428 g/mol. The van der Waals surface area contributed by atoms with E-state index in [2.05, 4.69) is 26.6 Å². The first-order valence-corrected chi connectivity index (χ1v) is 10.1. The Morgan fingerprint density at radius 3 is 2.46 bits per heavy atom. The van der Waals surface area contributed by atoms with Crippen LogP contribution in [0.5, 0.6) is 0 Å². The van der Waals surface area contributed by atoms with Gasteiger partial charge in [0.15, 0.2) is 0 Å². The van der Waals surface area contributed by atoms with E-state index in [1.54, 1.807) is 11.3 Å². The number of amides is 2. The Hall–Kier alpha value is -2.18. The second kappa shape index (κ2) is 7.21. The van der Waals surface area contributed by atoms with Crippen LogP contribution in [0.4, 0.5) is 5.69 Å². The number of benzene rings is 2. The molecular formula is C20H17BrN2O2S. The predicted octanol–water partition coefficient (Wildman–Crippen LogP) is 4.94. The zero-order valence-electron chi connectivity index (χ0n) is 13.9. The summed E-state index contributed by atoms with van der Waals surface area (Å²) in [5, 5.41) is 7.86. The summed E-state index contributed by atoms with van der Waals surface area (Å²) >= 11 is 5.01. The van der Waals surface area contributed by atoms with E-state index < -0.39 is 0 Å². The van der Waals surface area contributed by atoms with Crippen LogP contribution in [-0.4, -0.2) is 11.8 Å². The van der Waals surface area contributed by atoms with Gasteiger partial charge in [-0.05, 0) is 63.8 Å². The molecule has 0 atom stereocenters. The number of hydrogen-bond acceptors (Lipinski definition) is 3. The number of carbonyl (C=O) groups excluding carboxylic acids is 2. The maximum Gasteiger partial charge on any atom is 0.253 e. The molecule has 1 fully saturated rings. The normalized spacial score (nSPS) is 13.6. The SMILES string of the molecule is O=C(NCc1ccc(Br)s1)c1cc2ccccc2cc1NC(=O)C1CC1. The van der Waals surface area contributed by atoms with Gasteiger partial charge in [0.2, 0.25) is 5.91 Å². The number of thiophene rings is 1. The van der Waals surface area contributed by atoms with E-state index in [0.717, 1.165) is 32.3 Å². The average Bonchev–Trinajstić information content (AvgIpc) is 3.41. The fraction of sp³-hybridized carbons (Fsp3) is 0.200. The minimum absolute atomic E-state index is 0.00322. The van der Waals surface area contributed by atoms with Crippen LogP contribution in [0, 0.1) is 5.92 Å². The summed E-state index contributed by atoms with van der Waals surface area (Å²) in [4.78, 5) is 26.1. The Morgan fingerprint density at radius 1 is 1.08 bits per heavy atom. The molecule has 1 aromatic heterocycles. The summed E-state index contributed by atoms with van der Waals surface area (Å²) < 4.78 is 1.03. The van der Waals surface area contributed by atoms with Crippen LogP contribution in [0.15, 0.2) is 52.3 Å². The highest BCUT2D eigenvalue weighted by Crippen LogP contribution is 2.32. The van der Waals surface area contributed by atoms with E-state index in [1.165, 1.54) is 0 Å². The number of halogens is 1. The van der Waals surface area contributed by atoms with Crippen molar-refractivity contribution in [3.05, 3.63) is 62.8 Å². The number of carbonyl (C=O) groups is 2. The van der Waals surface area contributed by atoms with Crippen molar-refractivity contribution in [1.29, 1.82) is 0 Å². The molecule has 2 N–H and O–H groups in total. The largest absolute Gasteiger partial charge is 0.347 e. The molecule has 0 aliphatic heterocycles. The minimum Gasteiger partial charge on any atom is -0.347 e. The summed E-state index contributed by atoms with van der Waals surface area (Å²) in [5.41, 5.74) is 1.07. The molecule has 0 bridgehead atoms. The zero-order valence-corrected chi connectivity index (χ0v) is 16.3. The third-order valence-electron chi connectivity index (χ3n) is 4.39. The molecule has 0 saturated heterocycles. The topological polar surface area (TPSA) is 58.2 Å². The lowest BCUT2D eigenvalue weighted by atomic mass is 10.0. The van der Waals surface area contributed by atoms with Crippen molar-refractivity contribution in [3.8, 4) is 0 Å². The van der Waals surface area contributed by atoms with Crippen molar-refractivity contribution in [2.24, 2.45) is 5.92 Å². The molecule has 0 unspecified atom stereocenters. The van der Waals surface area contributed by atoms with E-state index in [1.807, 2.05) is 48.5 Å². The standard InChI is InChI=1S/C20H17BrN2O2S/c21-18-8-7-15(26-18)11-22-20(25)16-9-13-3-1-2-4-14(13)10-17(16)23-19(24)12-5-6-12/h1-4,7-10,12H,5-6,11H2,(H,22,25)(H,23,24). The van der Waals surface area contributed by atoms with Gasteiger partial charge in [0.1, 0.15) is 0 Å². The molecule has 4 rings (SSSR count). The molecule has 6 heteroatoms. The van der Waals surface area contributed by atoms with Gasteiger partial charge in [0.25, 0.3) is 5.91 Å².